The molecule has 0 N–H and O–H groups in total. The van der Waals surface area contributed by atoms with Gasteiger partial charge in [0.15, 0.2) is 6.29 Å². The van der Waals surface area contributed by atoms with E-state index in [9.17, 15) is 4.79 Å². The van der Waals surface area contributed by atoms with Gasteiger partial charge in [0, 0.05) is 57.0 Å². The first kappa shape index (κ1) is 41.9. The SMILES string of the molecule is CCCCCCCCCCCCCCCCCCOC1CCCC(COC(=O)CCCc2nc3cc(N(CCCl)CCCl)ccc3n2C)O1. The second kappa shape index (κ2) is 26.3. The van der Waals surface area contributed by atoms with Crippen LogP contribution in [0.15, 0.2) is 18.2 Å². The van der Waals surface area contributed by atoms with Crippen LogP contribution in [0.5, 0.6) is 0 Å². The third-order valence-corrected chi connectivity index (χ3v) is 10.2. The van der Waals surface area contributed by atoms with E-state index in [1.54, 1.807) is 0 Å². The van der Waals surface area contributed by atoms with Crippen molar-refractivity contribution in [3.8, 4) is 0 Å². The van der Waals surface area contributed by atoms with Gasteiger partial charge in [-0.15, -0.1) is 23.2 Å². The molecule has 280 valence electrons. The third kappa shape index (κ3) is 17.0. The third-order valence-electron chi connectivity index (χ3n) is 9.85. The van der Waals surface area contributed by atoms with Gasteiger partial charge in [0.25, 0.3) is 0 Å². The number of unbranched alkanes of at least 4 members (excludes halogenated alkanes) is 15. The number of aromatic nitrogens is 2. The van der Waals surface area contributed by atoms with Crippen molar-refractivity contribution >= 4 is 45.9 Å². The first-order valence-electron chi connectivity index (χ1n) is 19.8. The van der Waals surface area contributed by atoms with Crippen molar-refractivity contribution in [2.75, 3.05) is 43.0 Å². The molecular weight excluding hydrogens is 657 g/mol. The van der Waals surface area contributed by atoms with Crippen LogP contribution in [0.3, 0.4) is 0 Å². The molecular formula is C40H67Cl2N3O4. The van der Waals surface area contributed by atoms with E-state index < -0.39 is 0 Å². The Balaban J connectivity index is 1.19. The number of imidazole rings is 1. The molecule has 0 amide bonds. The van der Waals surface area contributed by atoms with E-state index in [0.29, 0.717) is 37.6 Å². The highest BCUT2D eigenvalue weighted by molar-refractivity contribution is 6.18. The van der Waals surface area contributed by atoms with Crippen molar-refractivity contribution < 1.29 is 19.0 Å². The number of carbonyl (C=O) groups is 1. The van der Waals surface area contributed by atoms with Crippen molar-refractivity contribution in [3.05, 3.63) is 24.0 Å². The molecule has 1 fully saturated rings. The molecule has 9 heteroatoms. The Kier molecular flexibility index (Phi) is 22.4. The van der Waals surface area contributed by atoms with E-state index in [0.717, 1.165) is 67.9 Å². The number of carbonyl (C=O) groups excluding carboxylic acids is 1. The minimum atomic E-state index is -0.182. The molecule has 0 spiro atoms. The van der Waals surface area contributed by atoms with Gasteiger partial charge in [-0.1, -0.05) is 103 Å². The Morgan fingerprint density at radius 2 is 1.49 bits per heavy atom. The highest BCUT2D eigenvalue weighted by Crippen LogP contribution is 2.24. The first-order chi connectivity index (χ1) is 24.0. The zero-order valence-electron chi connectivity index (χ0n) is 30.9. The normalized spacial score (nSPS) is 16.4. The maximum Gasteiger partial charge on any atom is 0.305 e. The van der Waals surface area contributed by atoms with E-state index in [2.05, 4.69) is 34.6 Å². The summed E-state index contributed by atoms with van der Waals surface area (Å²) in [4.78, 5) is 19.6. The second-order valence-electron chi connectivity index (χ2n) is 14.0. The van der Waals surface area contributed by atoms with Crippen molar-refractivity contribution in [1.29, 1.82) is 0 Å². The summed E-state index contributed by atoms with van der Waals surface area (Å²) in [6.07, 6.45) is 26.2. The summed E-state index contributed by atoms with van der Waals surface area (Å²) < 4.78 is 19.9. The first-order valence-corrected chi connectivity index (χ1v) is 20.9. The molecule has 2 aromatic rings. The van der Waals surface area contributed by atoms with Crippen LogP contribution in [0.2, 0.25) is 0 Å². The number of esters is 1. The van der Waals surface area contributed by atoms with Crippen LogP contribution in [0.25, 0.3) is 11.0 Å². The van der Waals surface area contributed by atoms with Gasteiger partial charge >= 0.3 is 5.97 Å². The Bertz CT molecular complexity index is 1140. The van der Waals surface area contributed by atoms with Crippen molar-refractivity contribution in [2.24, 2.45) is 7.05 Å². The monoisotopic (exact) mass is 723 g/mol. The Morgan fingerprint density at radius 3 is 2.10 bits per heavy atom. The lowest BCUT2D eigenvalue weighted by Gasteiger charge is -2.29. The number of rotatable bonds is 29. The molecule has 0 saturated carbocycles. The fourth-order valence-corrected chi connectivity index (χ4v) is 7.26. The van der Waals surface area contributed by atoms with Gasteiger partial charge in [-0.25, -0.2) is 4.98 Å². The highest BCUT2D eigenvalue weighted by Gasteiger charge is 2.24. The molecule has 49 heavy (non-hydrogen) atoms. The molecule has 2 unspecified atom stereocenters. The van der Waals surface area contributed by atoms with Gasteiger partial charge < -0.3 is 23.7 Å². The Labute approximate surface area is 308 Å². The number of ether oxygens (including phenoxy) is 3. The number of hydrogen-bond acceptors (Lipinski definition) is 6. The van der Waals surface area contributed by atoms with Crippen LogP contribution < -0.4 is 4.90 Å². The van der Waals surface area contributed by atoms with Crippen LogP contribution in [-0.2, 0) is 32.5 Å². The van der Waals surface area contributed by atoms with Gasteiger partial charge in [-0.2, -0.15) is 0 Å². The molecule has 2 heterocycles. The van der Waals surface area contributed by atoms with E-state index >= 15 is 0 Å². The summed E-state index contributed by atoms with van der Waals surface area (Å²) in [5.41, 5.74) is 3.08. The number of alkyl halides is 2. The predicted molar refractivity (Wildman–Crippen MR) is 206 cm³/mol. The summed E-state index contributed by atoms with van der Waals surface area (Å²) in [5.74, 6) is 1.86. The van der Waals surface area contributed by atoms with Crippen LogP contribution in [0, 0.1) is 0 Å². The smallest absolute Gasteiger partial charge is 0.305 e. The van der Waals surface area contributed by atoms with Crippen molar-refractivity contribution in [3.63, 3.8) is 0 Å². The molecule has 2 atom stereocenters. The van der Waals surface area contributed by atoms with Gasteiger partial charge in [-0.05, 0) is 50.3 Å². The highest BCUT2D eigenvalue weighted by atomic mass is 35.5. The van der Waals surface area contributed by atoms with Crippen LogP contribution in [-0.4, -0.2) is 66.0 Å². The number of hydrogen-bond donors (Lipinski definition) is 0. The topological polar surface area (TPSA) is 65.8 Å². The van der Waals surface area contributed by atoms with Crippen LogP contribution in [0.1, 0.15) is 148 Å². The number of fused-ring (bicyclic) bond motifs is 1. The second-order valence-corrected chi connectivity index (χ2v) is 14.7. The molecule has 3 rings (SSSR count). The largest absolute Gasteiger partial charge is 0.463 e. The molecule has 0 aliphatic carbocycles. The molecule has 1 aliphatic heterocycles. The summed E-state index contributed by atoms with van der Waals surface area (Å²) >= 11 is 12.0. The van der Waals surface area contributed by atoms with Crippen LogP contribution in [0.4, 0.5) is 5.69 Å². The minimum Gasteiger partial charge on any atom is -0.463 e. The van der Waals surface area contributed by atoms with Crippen LogP contribution >= 0.6 is 23.2 Å². The number of aryl methyl sites for hydroxylation is 2. The lowest BCUT2D eigenvalue weighted by Crippen LogP contribution is -2.33. The molecule has 1 aromatic heterocycles. The fraction of sp³-hybridized carbons (Fsp3) is 0.800. The number of benzene rings is 1. The van der Waals surface area contributed by atoms with Crippen molar-refractivity contribution in [2.45, 2.75) is 161 Å². The van der Waals surface area contributed by atoms with Gasteiger partial charge in [0.1, 0.15) is 12.4 Å². The van der Waals surface area contributed by atoms with Crippen molar-refractivity contribution in [1.82, 2.24) is 9.55 Å². The lowest BCUT2D eigenvalue weighted by molar-refractivity contribution is -0.206. The molecule has 7 nitrogen and oxygen atoms in total. The average Bonchev–Trinajstić information content (AvgIpc) is 3.42. The summed E-state index contributed by atoms with van der Waals surface area (Å²) in [5, 5.41) is 0. The number of halogens is 2. The van der Waals surface area contributed by atoms with E-state index in [1.165, 1.54) is 96.3 Å². The summed E-state index contributed by atoms with van der Waals surface area (Å²) in [7, 11) is 2.03. The van der Waals surface area contributed by atoms with Gasteiger partial charge in [0.05, 0.1) is 17.1 Å². The Morgan fingerprint density at radius 1 is 0.878 bits per heavy atom. The number of nitrogens with zero attached hydrogens (tertiary/aromatic N) is 3. The van der Waals surface area contributed by atoms with Gasteiger partial charge in [-0.3, -0.25) is 4.79 Å². The molecule has 1 saturated heterocycles. The van der Waals surface area contributed by atoms with E-state index in [1.807, 2.05) is 7.05 Å². The predicted octanol–water partition coefficient (Wildman–Crippen LogP) is 10.9. The summed E-state index contributed by atoms with van der Waals surface area (Å²) in [6.45, 7) is 4.81. The maximum absolute atomic E-state index is 12.5. The maximum atomic E-state index is 12.5. The standard InChI is InChI=1S/C40H67Cl2N3O4/c1-3-4-5-6-7-8-9-10-11-12-13-14-15-16-17-18-31-47-40-24-19-21-35(49-40)33-48-39(46)23-20-22-38-43-36-32-34(25-26-37(36)44(38)2)45(29-27-41)30-28-42/h25-26,32,35,40H,3-24,27-31,33H2,1-2H3. The molecule has 1 aromatic carbocycles. The number of anilines is 1. The molecule has 1 aliphatic rings. The quantitative estimate of drug-likeness (QED) is 0.0473. The van der Waals surface area contributed by atoms with E-state index in [-0.39, 0.29) is 18.4 Å². The summed E-state index contributed by atoms with van der Waals surface area (Å²) in [6, 6.07) is 6.27. The van der Waals surface area contributed by atoms with Gasteiger partial charge in [0.2, 0.25) is 0 Å². The van der Waals surface area contributed by atoms with E-state index in [4.69, 9.17) is 42.4 Å². The zero-order valence-corrected chi connectivity index (χ0v) is 32.4. The zero-order chi connectivity index (χ0) is 34.9. The molecule has 0 radical (unpaired) electrons. The lowest BCUT2D eigenvalue weighted by atomic mass is 10.0. The minimum absolute atomic E-state index is 0.0836. The Hall–Kier alpha value is -1.54. The fourth-order valence-electron chi connectivity index (χ4n) is 6.85. The average molecular weight is 725 g/mol. The molecule has 0 bridgehead atoms.